The molecule has 0 aromatic carbocycles. The third-order valence-electron chi connectivity index (χ3n) is 5.39. The molecule has 0 amide bonds. The maximum absolute atomic E-state index is 5.74. The zero-order valence-corrected chi connectivity index (χ0v) is 19.2. The second-order valence-corrected chi connectivity index (χ2v) is 8.35. The van der Waals surface area contributed by atoms with Crippen molar-refractivity contribution < 1.29 is 4.74 Å². The molecular weight excluding hydrogens is 427 g/mol. The summed E-state index contributed by atoms with van der Waals surface area (Å²) in [6.45, 7) is 13.0. The Hall–Kier alpha value is -0.0800. The Morgan fingerprint density at radius 1 is 1.32 bits per heavy atom. The molecule has 0 bridgehead atoms. The summed E-state index contributed by atoms with van der Waals surface area (Å²) in [5.74, 6) is 2.60. The van der Waals surface area contributed by atoms with Gasteiger partial charge in [-0.05, 0) is 57.9 Å². The number of hydrogen-bond acceptors (Lipinski definition) is 3. The summed E-state index contributed by atoms with van der Waals surface area (Å²) in [6.07, 6.45) is 5.38. The average molecular weight is 466 g/mol. The van der Waals surface area contributed by atoms with Crippen LogP contribution in [0.25, 0.3) is 0 Å². The van der Waals surface area contributed by atoms with Gasteiger partial charge < -0.3 is 15.0 Å². The highest BCUT2D eigenvalue weighted by Crippen LogP contribution is 2.28. The summed E-state index contributed by atoms with van der Waals surface area (Å²) in [5, 5.41) is 3.56. The van der Waals surface area contributed by atoms with E-state index in [4.69, 9.17) is 4.74 Å². The Kier molecular flexibility index (Phi) is 10.0. The van der Waals surface area contributed by atoms with Crippen molar-refractivity contribution in [2.75, 3.05) is 53.5 Å². The minimum Gasteiger partial charge on any atom is -0.379 e. The van der Waals surface area contributed by atoms with E-state index in [1.54, 1.807) is 0 Å². The maximum Gasteiger partial charge on any atom is 0.193 e. The van der Waals surface area contributed by atoms with Gasteiger partial charge in [-0.2, -0.15) is 0 Å². The Labute approximate surface area is 172 Å². The van der Waals surface area contributed by atoms with Crippen LogP contribution in [0.5, 0.6) is 0 Å². The Balaban J connectivity index is 0.00000312. The summed E-state index contributed by atoms with van der Waals surface area (Å²) in [4.78, 5) is 9.23. The summed E-state index contributed by atoms with van der Waals surface area (Å²) in [5.41, 5.74) is 0.147. The van der Waals surface area contributed by atoms with Crippen LogP contribution in [0.4, 0.5) is 0 Å². The van der Waals surface area contributed by atoms with Crippen LogP contribution < -0.4 is 5.32 Å². The molecule has 2 rings (SSSR count). The topological polar surface area (TPSA) is 40.1 Å². The first kappa shape index (κ1) is 23.0. The van der Waals surface area contributed by atoms with Crippen molar-refractivity contribution in [1.82, 2.24) is 15.1 Å². The second kappa shape index (κ2) is 10.9. The molecule has 1 N–H and O–H groups in total. The Morgan fingerprint density at radius 3 is 2.64 bits per heavy atom. The predicted octanol–water partition coefficient (Wildman–Crippen LogP) is 3.05. The molecule has 1 saturated carbocycles. The molecule has 0 spiro atoms. The molecule has 2 fully saturated rings. The van der Waals surface area contributed by atoms with Gasteiger partial charge in [0.1, 0.15) is 0 Å². The van der Waals surface area contributed by atoms with E-state index in [-0.39, 0.29) is 29.5 Å². The summed E-state index contributed by atoms with van der Waals surface area (Å²) in [7, 11) is 3.95. The molecule has 1 aliphatic carbocycles. The molecule has 1 aliphatic heterocycles. The van der Waals surface area contributed by atoms with E-state index in [9.17, 15) is 0 Å². The minimum absolute atomic E-state index is 0. The number of likely N-dealkylation sites (tertiary alicyclic amines) is 1. The minimum atomic E-state index is 0. The molecule has 0 aromatic heterocycles. The van der Waals surface area contributed by atoms with Gasteiger partial charge in [0.05, 0.1) is 6.61 Å². The zero-order chi connectivity index (χ0) is 17.6. The lowest BCUT2D eigenvalue weighted by atomic mass is 9.93. The van der Waals surface area contributed by atoms with Gasteiger partial charge >= 0.3 is 0 Å². The molecule has 148 valence electrons. The summed E-state index contributed by atoms with van der Waals surface area (Å²) < 4.78 is 5.74. The van der Waals surface area contributed by atoms with E-state index >= 15 is 0 Å². The van der Waals surface area contributed by atoms with E-state index in [2.05, 4.69) is 47.9 Å². The number of piperidine rings is 1. The maximum atomic E-state index is 5.74. The van der Waals surface area contributed by atoms with Crippen LogP contribution >= 0.6 is 24.0 Å². The van der Waals surface area contributed by atoms with Crippen molar-refractivity contribution in [2.24, 2.45) is 16.8 Å². The fourth-order valence-electron chi connectivity index (χ4n) is 3.37. The van der Waals surface area contributed by atoms with E-state index in [1.807, 2.05) is 7.05 Å². The molecule has 0 aromatic rings. The van der Waals surface area contributed by atoms with E-state index in [1.165, 1.54) is 38.8 Å². The lowest BCUT2D eigenvalue weighted by molar-refractivity contribution is 0.0732. The average Bonchev–Trinajstić information content (AvgIpc) is 3.36. The smallest absolute Gasteiger partial charge is 0.193 e. The number of halogens is 1. The van der Waals surface area contributed by atoms with Crippen molar-refractivity contribution in [3.8, 4) is 0 Å². The first-order valence-electron chi connectivity index (χ1n) is 9.67. The van der Waals surface area contributed by atoms with Gasteiger partial charge in [0.25, 0.3) is 0 Å². The van der Waals surface area contributed by atoms with Crippen molar-refractivity contribution in [1.29, 1.82) is 0 Å². The van der Waals surface area contributed by atoms with Gasteiger partial charge in [-0.15, -0.1) is 24.0 Å². The molecule has 6 heteroatoms. The number of nitrogens with one attached hydrogen (secondary N) is 1. The number of guanidine groups is 1. The fraction of sp³-hybridized carbons (Fsp3) is 0.947. The molecule has 1 unspecified atom stereocenters. The van der Waals surface area contributed by atoms with Crippen molar-refractivity contribution in [2.45, 2.75) is 52.0 Å². The van der Waals surface area contributed by atoms with Crippen molar-refractivity contribution in [3.63, 3.8) is 0 Å². The van der Waals surface area contributed by atoms with Crippen LogP contribution in [0, 0.1) is 11.8 Å². The van der Waals surface area contributed by atoms with Crippen LogP contribution in [-0.2, 0) is 4.74 Å². The first-order chi connectivity index (χ1) is 11.4. The molecular formula is C19H39IN4O. The zero-order valence-electron chi connectivity index (χ0n) is 16.9. The van der Waals surface area contributed by atoms with Gasteiger partial charge in [-0.1, -0.05) is 6.92 Å². The van der Waals surface area contributed by atoms with Crippen LogP contribution in [0.2, 0.25) is 0 Å². The SMILES string of the molecule is CN=C(NCC(C)(C)N1CCCC(C)C1)N(C)CCOCC1CC1.I. The first-order valence-corrected chi connectivity index (χ1v) is 9.67. The van der Waals surface area contributed by atoms with Crippen LogP contribution in [-0.4, -0.2) is 74.8 Å². The number of hydrogen-bond donors (Lipinski definition) is 1. The normalized spacial score (nSPS) is 22.4. The predicted molar refractivity (Wildman–Crippen MR) is 117 cm³/mol. The van der Waals surface area contributed by atoms with Crippen LogP contribution in [0.15, 0.2) is 4.99 Å². The quantitative estimate of drug-likeness (QED) is 0.259. The van der Waals surface area contributed by atoms with Gasteiger partial charge in [0.2, 0.25) is 0 Å². The van der Waals surface area contributed by atoms with Gasteiger partial charge in [0.15, 0.2) is 5.96 Å². The lowest BCUT2D eigenvalue weighted by Gasteiger charge is -2.43. The molecule has 0 radical (unpaired) electrons. The molecule has 5 nitrogen and oxygen atoms in total. The number of nitrogens with zero attached hydrogens (tertiary/aromatic N) is 3. The number of aliphatic imine (C=N–C) groups is 1. The molecule has 1 saturated heterocycles. The monoisotopic (exact) mass is 466 g/mol. The highest BCUT2D eigenvalue weighted by molar-refractivity contribution is 14.0. The van der Waals surface area contributed by atoms with E-state index in [0.29, 0.717) is 0 Å². The van der Waals surface area contributed by atoms with Gasteiger partial charge in [0, 0.05) is 45.9 Å². The van der Waals surface area contributed by atoms with E-state index < -0.39 is 0 Å². The van der Waals surface area contributed by atoms with Gasteiger partial charge in [-0.25, -0.2) is 0 Å². The highest BCUT2D eigenvalue weighted by Gasteiger charge is 2.30. The molecule has 25 heavy (non-hydrogen) atoms. The van der Waals surface area contributed by atoms with Crippen molar-refractivity contribution >= 4 is 29.9 Å². The number of ether oxygens (including phenoxy) is 1. The Morgan fingerprint density at radius 2 is 2.04 bits per heavy atom. The molecule has 1 heterocycles. The Bertz CT molecular complexity index is 412. The lowest BCUT2D eigenvalue weighted by Crippen LogP contribution is -2.56. The molecule has 2 aliphatic rings. The fourth-order valence-corrected chi connectivity index (χ4v) is 3.37. The third kappa shape index (κ3) is 7.99. The number of likely N-dealkylation sites (N-methyl/N-ethyl adjacent to an activating group) is 1. The largest absolute Gasteiger partial charge is 0.379 e. The second-order valence-electron chi connectivity index (χ2n) is 8.35. The highest BCUT2D eigenvalue weighted by atomic mass is 127. The number of rotatable bonds is 8. The van der Waals surface area contributed by atoms with Crippen molar-refractivity contribution in [3.05, 3.63) is 0 Å². The van der Waals surface area contributed by atoms with Crippen LogP contribution in [0.3, 0.4) is 0 Å². The van der Waals surface area contributed by atoms with E-state index in [0.717, 1.165) is 44.1 Å². The van der Waals surface area contributed by atoms with Crippen LogP contribution in [0.1, 0.15) is 46.5 Å². The van der Waals surface area contributed by atoms with Gasteiger partial charge in [-0.3, -0.25) is 9.89 Å². The summed E-state index contributed by atoms with van der Waals surface area (Å²) >= 11 is 0. The third-order valence-corrected chi connectivity index (χ3v) is 5.39. The molecule has 1 atom stereocenters. The standard InChI is InChI=1S/C19H38N4O.HI/c1-16-7-6-10-23(13-16)19(2,3)15-21-18(20-4)22(5)11-12-24-14-17-8-9-17;/h16-17H,6-15H2,1-5H3,(H,20,21);1H. The summed E-state index contributed by atoms with van der Waals surface area (Å²) in [6, 6.07) is 0.